The number of halogens is 3. The second-order valence-electron chi connectivity index (χ2n) is 3.11. The molecule has 0 saturated carbocycles. The molecule has 92 valence electrons. The van der Waals surface area contributed by atoms with E-state index in [1.165, 1.54) is 0 Å². The van der Waals surface area contributed by atoms with Crippen LogP contribution in [0.1, 0.15) is 19.8 Å². The number of hydrogen-bond acceptors (Lipinski definition) is 2. The minimum Gasteiger partial charge on any atom is -0.212 e. The van der Waals surface area contributed by atoms with E-state index in [9.17, 15) is 17.2 Å². The Morgan fingerprint density at radius 1 is 1.40 bits per heavy atom. The topological polar surface area (TPSA) is 37.4 Å². The zero-order chi connectivity index (χ0) is 11.9. The summed E-state index contributed by atoms with van der Waals surface area (Å²) in [6.45, 7) is 1.24. The summed E-state index contributed by atoms with van der Waals surface area (Å²) >= 11 is 3.05. The van der Waals surface area contributed by atoms with Crippen molar-refractivity contribution in [1.82, 2.24) is 4.31 Å². The maximum Gasteiger partial charge on any atom is 0.252 e. The van der Waals surface area contributed by atoms with Crippen LogP contribution in [0.3, 0.4) is 0 Å². The number of hydrogen-bond donors (Lipinski definition) is 0. The van der Waals surface area contributed by atoms with Gasteiger partial charge < -0.3 is 0 Å². The highest BCUT2D eigenvalue weighted by molar-refractivity contribution is 9.09. The number of unbranched alkanes of at least 4 members (excludes halogenated alkanes) is 1. The Bertz CT molecular complexity index is 259. The van der Waals surface area contributed by atoms with Crippen molar-refractivity contribution in [2.24, 2.45) is 0 Å². The lowest BCUT2D eigenvalue weighted by atomic mass is 10.4. The van der Waals surface area contributed by atoms with Gasteiger partial charge in [0.2, 0.25) is 10.0 Å². The molecular formula is C8H16BrF2NO2S. The molecule has 0 unspecified atom stereocenters. The van der Waals surface area contributed by atoms with Gasteiger partial charge in [0.25, 0.3) is 6.43 Å². The molecule has 0 saturated heterocycles. The molecule has 0 aromatic heterocycles. The van der Waals surface area contributed by atoms with E-state index >= 15 is 0 Å². The van der Waals surface area contributed by atoms with E-state index in [0.29, 0.717) is 11.8 Å². The van der Waals surface area contributed by atoms with E-state index in [1.807, 2.05) is 6.92 Å². The van der Waals surface area contributed by atoms with Crippen LogP contribution in [0.25, 0.3) is 0 Å². The van der Waals surface area contributed by atoms with E-state index in [1.54, 1.807) is 0 Å². The van der Waals surface area contributed by atoms with Crippen LogP contribution in [0, 0.1) is 0 Å². The van der Waals surface area contributed by atoms with Crippen LogP contribution in [-0.4, -0.2) is 43.3 Å². The normalized spacial score (nSPS) is 12.7. The summed E-state index contributed by atoms with van der Waals surface area (Å²) in [6, 6.07) is 0. The van der Waals surface area contributed by atoms with Gasteiger partial charge in [0.05, 0.1) is 12.3 Å². The molecule has 15 heavy (non-hydrogen) atoms. The summed E-state index contributed by atoms with van der Waals surface area (Å²) in [4.78, 5) is 0. The Morgan fingerprint density at radius 2 is 2.00 bits per heavy atom. The van der Waals surface area contributed by atoms with E-state index in [4.69, 9.17) is 0 Å². The molecular weight excluding hydrogens is 292 g/mol. The maximum absolute atomic E-state index is 12.1. The molecule has 0 aliphatic rings. The molecule has 0 aromatic rings. The molecule has 0 aliphatic heterocycles. The third-order valence-electron chi connectivity index (χ3n) is 1.82. The molecule has 0 aliphatic carbocycles. The highest BCUT2D eigenvalue weighted by Crippen LogP contribution is 2.08. The first-order valence-corrected chi connectivity index (χ1v) is 7.49. The highest BCUT2D eigenvalue weighted by atomic mass is 79.9. The first-order chi connectivity index (χ1) is 6.94. The summed E-state index contributed by atoms with van der Waals surface area (Å²) in [7, 11) is -3.52. The Hall–Kier alpha value is 0.250. The van der Waals surface area contributed by atoms with Gasteiger partial charge in [-0.2, -0.15) is 4.31 Å². The molecule has 0 heterocycles. The number of alkyl halides is 3. The molecule has 0 fully saturated rings. The maximum atomic E-state index is 12.1. The predicted octanol–water partition coefficient (Wildman–Crippen LogP) is 2.08. The molecule has 0 spiro atoms. The van der Waals surface area contributed by atoms with E-state index in [-0.39, 0.29) is 12.3 Å². The van der Waals surface area contributed by atoms with Crippen LogP contribution in [0.2, 0.25) is 0 Å². The quantitative estimate of drug-likeness (QED) is 0.644. The average molecular weight is 308 g/mol. The standard InChI is InChI=1S/C8H16BrF2NO2S/c1-2-3-6-15(13,14)12(5-4-9)7-8(10)11/h8H,2-7H2,1H3. The zero-order valence-electron chi connectivity index (χ0n) is 8.63. The molecule has 7 heteroatoms. The van der Waals surface area contributed by atoms with Gasteiger partial charge in [0.15, 0.2) is 0 Å². The van der Waals surface area contributed by atoms with Crippen molar-refractivity contribution in [3.8, 4) is 0 Å². The van der Waals surface area contributed by atoms with Crippen LogP contribution < -0.4 is 0 Å². The lowest BCUT2D eigenvalue weighted by Crippen LogP contribution is -2.38. The summed E-state index contributed by atoms with van der Waals surface area (Å²) in [6.07, 6.45) is -1.39. The van der Waals surface area contributed by atoms with Crippen LogP contribution >= 0.6 is 15.9 Å². The second-order valence-corrected chi connectivity index (χ2v) is 5.99. The zero-order valence-corrected chi connectivity index (χ0v) is 11.0. The fourth-order valence-electron chi connectivity index (χ4n) is 1.05. The van der Waals surface area contributed by atoms with Crippen molar-refractivity contribution in [3.05, 3.63) is 0 Å². The fraction of sp³-hybridized carbons (Fsp3) is 1.00. The van der Waals surface area contributed by atoms with Gasteiger partial charge in [-0.3, -0.25) is 0 Å². The van der Waals surface area contributed by atoms with Crippen LogP contribution in [0.4, 0.5) is 8.78 Å². The largest absolute Gasteiger partial charge is 0.252 e. The van der Waals surface area contributed by atoms with Crippen molar-refractivity contribution in [1.29, 1.82) is 0 Å². The van der Waals surface area contributed by atoms with E-state index < -0.39 is 23.0 Å². The average Bonchev–Trinajstić information content (AvgIpc) is 2.13. The van der Waals surface area contributed by atoms with Gasteiger partial charge >= 0.3 is 0 Å². The van der Waals surface area contributed by atoms with Crippen molar-refractivity contribution >= 4 is 26.0 Å². The SMILES string of the molecule is CCCCS(=O)(=O)N(CCBr)CC(F)F. The van der Waals surface area contributed by atoms with Crippen molar-refractivity contribution in [2.75, 3.05) is 24.2 Å². The van der Waals surface area contributed by atoms with Gasteiger partial charge in [0.1, 0.15) is 0 Å². The van der Waals surface area contributed by atoms with Crippen molar-refractivity contribution in [3.63, 3.8) is 0 Å². The van der Waals surface area contributed by atoms with Crippen molar-refractivity contribution < 1.29 is 17.2 Å². The minimum absolute atomic E-state index is 0.0524. The first kappa shape index (κ1) is 15.2. The Labute approximate surface area is 98.0 Å². The van der Waals surface area contributed by atoms with E-state index in [2.05, 4.69) is 15.9 Å². The molecule has 0 bridgehead atoms. The fourth-order valence-corrected chi connectivity index (χ4v) is 3.33. The van der Waals surface area contributed by atoms with Crippen LogP contribution in [-0.2, 0) is 10.0 Å². The Kier molecular flexibility index (Phi) is 7.64. The molecule has 0 aromatic carbocycles. The molecule has 0 radical (unpaired) electrons. The smallest absolute Gasteiger partial charge is 0.212 e. The predicted molar refractivity (Wildman–Crippen MR) is 60.1 cm³/mol. The Balaban J connectivity index is 4.44. The van der Waals surface area contributed by atoms with Crippen LogP contribution in [0.15, 0.2) is 0 Å². The molecule has 0 N–H and O–H groups in total. The summed E-state index contributed by atoms with van der Waals surface area (Å²) in [5.74, 6) is -0.0524. The molecule has 3 nitrogen and oxygen atoms in total. The van der Waals surface area contributed by atoms with Gasteiger partial charge in [-0.1, -0.05) is 29.3 Å². The second kappa shape index (κ2) is 7.51. The lowest BCUT2D eigenvalue weighted by Gasteiger charge is -2.20. The first-order valence-electron chi connectivity index (χ1n) is 4.76. The van der Waals surface area contributed by atoms with Gasteiger partial charge in [-0.15, -0.1) is 0 Å². The minimum atomic E-state index is -3.52. The summed E-state index contributed by atoms with van der Waals surface area (Å²) in [5, 5.41) is 0.366. The lowest BCUT2D eigenvalue weighted by molar-refractivity contribution is 0.121. The third-order valence-corrected chi connectivity index (χ3v) is 4.10. The van der Waals surface area contributed by atoms with Crippen LogP contribution in [0.5, 0.6) is 0 Å². The van der Waals surface area contributed by atoms with Gasteiger partial charge in [-0.05, 0) is 6.42 Å². The van der Waals surface area contributed by atoms with Crippen molar-refractivity contribution in [2.45, 2.75) is 26.2 Å². The monoisotopic (exact) mass is 307 g/mol. The highest BCUT2D eigenvalue weighted by Gasteiger charge is 2.23. The number of nitrogens with zero attached hydrogens (tertiary/aromatic N) is 1. The molecule has 0 rings (SSSR count). The summed E-state index contributed by atoms with van der Waals surface area (Å²) in [5.41, 5.74) is 0. The number of sulfonamides is 1. The third kappa shape index (κ3) is 6.42. The van der Waals surface area contributed by atoms with Gasteiger partial charge in [-0.25, -0.2) is 17.2 Å². The van der Waals surface area contributed by atoms with Gasteiger partial charge in [0, 0.05) is 11.9 Å². The number of rotatable bonds is 8. The summed E-state index contributed by atoms with van der Waals surface area (Å²) < 4.78 is 48.3. The molecule has 0 atom stereocenters. The Morgan fingerprint density at radius 3 is 2.40 bits per heavy atom. The van der Waals surface area contributed by atoms with E-state index in [0.717, 1.165) is 10.7 Å². The molecule has 0 amide bonds.